The normalized spacial score (nSPS) is 11.7. The molecule has 0 radical (unpaired) electrons. The van der Waals surface area contributed by atoms with Gasteiger partial charge in [-0.05, 0) is 22.9 Å². The summed E-state index contributed by atoms with van der Waals surface area (Å²) in [5.41, 5.74) is -0.135. The summed E-state index contributed by atoms with van der Waals surface area (Å²) in [5.74, 6) is 0. The van der Waals surface area contributed by atoms with Gasteiger partial charge in [0.25, 0.3) is 5.56 Å². The van der Waals surface area contributed by atoms with Crippen LogP contribution in [0.4, 0.5) is 0 Å². The van der Waals surface area contributed by atoms with Crippen LogP contribution >= 0.6 is 15.9 Å². The van der Waals surface area contributed by atoms with Crippen molar-refractivity contribution in [3.8, 4) is 0 Å². The second kappa shape index (κ2) is 4.33. The molecule has 0 aliphatic rings. The lowest BCUT2D eigenvalue weighted by Crippen LogP contribution is -2.29. The van der Waals surface area contributed by atoms with Crippen molar-refractivity contribution in [1.29, 1.82) is 0 Å². The van der Waals surface area contributed by atoms with Gasteiger partial charge in [0.2, 0.25) is 0 Å². The van der Waals surface area contributed by atoms with E-state index >= 15 is 0 Å². The van der Waals surface area contributed by atoms with E-state index in [1.165, 1.54) is 4.57 Å². The molecule has 2 heterocycles. The first-order chi connectivity index (χ1) is 8.06. The monoisotopic (exact) mass is 298 g/mol. The Hall–Kier alpha value is -1.63. The minimum atomic E-state index is -0.467. The van der Waals surface area contributed by atoms with E-state index in [1.807, 2.05) is 19.1 Å². The molecule has 0 atom stereocenters. The second-order valence-corrected chi connectivity index (χ2v) is 4.26. The average Bonchev–Trinajstić information content (AvgIpc) is 2.61. The summed E-state index contributed by atoms with van der Waals surface area (Å²) in [6, 6.07) is 0. The summed E-state index contributed by atoms with van der Waals surface area (Å²) >= 11 is 3.28. The third-order valence-corrected chi connectivity index (χ3v) is 3.09. The standard InChI is InChI=1S/C10H11BrN4O2/c1-3-4-5-15-6-7(12-9(15)11)14(2)10(17)13-8(6)16/h3-4H,5H2,1-2H3,(H,13,16,17)/b4-3-. The number of hydrogen-bond acceptors (Lipinski definition) is 3. The zero-order valence-electron chi connectivity index (χ0n) is 9.40. The SMILES string of the molecule is C/C=C\Cn1c(Br)nc2c1c(=O)[nH]c(=O)n2C. The Morgan fingerprint density at radius 3 is 2.82 bits per heavy atom. The number of aromatic nitrogens is 4. The van der Waals surface area contributed by atoms with Crippen LogP contribution in [0.5, 0.6) is 0 Å². The Labute approximate surface area is 105 Å². The molecular weight excluding hydrogens is 288 g/mol. The number of aromatic amines is 1. The molecule has 7 heteroatoms. The predicted octanol–water partition coefficient (Wildman–Crippen LogP) is 0.762. The Bertz CT molecular complexity index is 707. The van der Waals surface area contributed by atoms with Gasteiger partial charge in [0.1, 0.15) is 0 Å². The van der Waals surface area contributed by atoms with Crippen molar-refractivity contribution in [3.05, 3.63) is 37.7 Å². The van der Waals surface area contributed by atoms with Gasteiger partial charge in [-0.3, -0.25) is 14.3 Å². The number of imidazole rings is 1. The fraction of sp³-hybridized carbons (Fsp3) is 0.300. The van der Waals surface area contributed by atoms with Crippen molar-refractivity contribution in [2.75, 3.05) is 0 Å². The fourth-order valence-electron chi connectivity index (χ4n) is 1.59. The Balaban J connectivity index is 2.87. The number of halogens is 1. The molecule has 0 saturated heterocycles. The molecule has 0 aliphatic heterocycles. The lowest BCUT2D eigenvalue weighted by Gasteiger charge is -2.01. The topological polar surface area (TPSA) is 72.7 Å². The lowest BCUT2D eigenvalue weighted by molar-refractivity contribution is 0.808. The highest BCUT2D eigenvalue weighted by atomic mass is 79.9. The molecule has 6 nitrogen and oxygen atoms in total. The molecule has 0 bridgehead atoms. The summed E-state index contributed by atoms with van der Waals surface area (Å²) in [6.07, 6.45) is 3.78. The van der Waals surface area contributed by atoms with Crippen LogP contribution in [-0.2, 0) is 13.6 Å². The van der Waals surface area contributed by atoms with E-state index in [0.29, 0.717) is 22.4 Å². The molecule has 90 valence electrons. The Morgan fingerprint density at radius 1 is 1.47 bits per heavy atom. The first-order valence-electron chi connectivity index (χ1n) is 5.02. The molecule has 0 unspecified atom stereocenters. The minimum Gasteiger partial charge on any atom is -0.309 e. The molecule has 2 aromatic heterocycles. The van der Waals surface area contributed by atoms with Gasteiger partial charge in [0.15, 0.2) is 15.9 Å². The minimum absolute atomic E-state index is 0.370. The van der Waals surface area contributed by atoms with Crippen molar-refractivity contribution in [2.45, 2.75) is 13.5 Å². The van der Waals surface area contributed by atoms with Crippen molar-refractivity contribution >= 4 is 27.1 Å². The summed E-state index contributed by atoms with van der Waals surface area (Å²) in [5, 5.41) is 0. The quantitative estimate of drug-likeness (QED) is 0.657. The molecule has 0 spiro atoms. The van der Waals surface area contributed by atoms with Crippen LogP contribution in [0, 0.1) is 0 Å². The summed E-state index contributed by atoms with van der Waals surface area (Å²) in [4.78, 5) is 29.6. The van der Waals surface area contributed by atoms with E-state index < -0.39 is 11.2 Å². The van der Waals surface area contributed by atoms with Crippen molar-refractivity contribution in [3.63, 3.8) is 0 Å². The molecule has 1 N–H and O–H groups in total. The molecule has 17 heavy (non-hydrogen) atoms. The summed E-state index contributed by atoms with van der Waals surface area (Å²) in [7, 11) is 1.57. The van der Waals surface area contributed by atoms with Crippen LogP contribution in [0.1, 0.15) is 6.92 Å². The first-order valence-corrected chi connectivity index (χ1v) is 5.81. The molecule has 0 saturated carbocycles. The number of nitrogens with zero attached hydrogens (tertiary/aromatic N) is 3. The maximum absolute atomic E-state index is 11.8. The third kappa shape index (κ3) is 1.86. The number of fused-ring (bicyclic) bond motifs is 1. The van der Waals surface area contributed by atoms with Gasteiger partial charge in [0.05, 0.1) is 0 Å². The number of allylic oxidation sites excluding steroid dienone is 2. The number of rotatable bonds is 2. The average molecular weight is 299 g/mol. The van der Waals surface area contributed by atoms with E-state index in [2.05, 4.69) is 25.9 Å². The van der Waals surface area contributed by atoms with E-state index in [-0.39, 0.29) is 0 Å². The molecule has 0 amide bonds. The van der Waals surface area contributed by atoms with Crippen LogP contribution in [0.15, 0.2) is 26.5 Å². The highest BCUT2D eigenvalue weighted by Crippen LogP contribution is 2.15. The van der Waals surface area contributed by atoms with Crippen LogP contribution < -0.4 is 11.2 Å². The van der Waals surface area contributed by atoms with Crippen molar-refractivity contribution in [2.24, 2.45) is 7.05 Å². The van der Waals surface area contributed by atoms with Gasteiger partial charge in [-0.25, -0.2) is 9.78 Å². The van der Waals surface area contributed by atoms with Gasteiger partial charge in [0, 0.05) is 13.6 Å². The Morgan fingerprint density at radius 2 is 2.18 bits per heavy atom. The highest BCUT2D eigenvalue weighted by Gasteiger charge is 2.14. The van der Waals surface area contributed by atoms with Gasteiger partial charge < -0.3 is 4.57 Å². The number of H-pyrrole nitrogens is 1. The number of hydrogen-bond donors (Lipinski definition) is 1. The number of aryl methyl sites for hydroxylation is 1. The van der Waals surface area contributed by atoms with E-state index in [1.54, 1.807) is 11.6 Å². The zero-order valence-corrected chi connectivity index (χ0v) is 11.0. The molecular formula is C10H11BrN4O2. The second-order valence-electron chi connectivity index (χ2n) is 3.55. The summed E-state index contributed by atoms with van der Waals surface area (Å²) < 4.78 is 3.54. The molecule has 0 aliphatic carbocycles. The maximum atomic E-state index is 11.8. The smallest absolute Gasteiger partial charge is 0.309 e. The van der Waals surface area contributed by atoms with Crippen molar-refractivity contribution < 1.29 is 0 Å². The predicted molar refractivity (Wildman–Crippen MR) is 68.1 cm³/mol. The van der Waals surface area contributed by atoms with E-state index in [9.17, 15) is 9.59 Å². The van der Waals surface area contributed by atoms with Gasteiger partial charge >= 0.3 is 5.69 Å². The maximum Gasteiger partial charge on any atom is 0.329 e. The zero-order chi connectivity index (χ0) is 12.6. The largest absolute Gasteiger partial charge is 0.329 e. The van der Waals surface area contributed by atoms with Crippen LogP contribution in [0.25, 0.3) is 11.2 Å². The lowest BCUT2D eigenvalue weighted by atomic mass is 10.4. The van der Waals surface area contributed by atoms with Crippen molar-refractivity contribution in [1.82, 2.24) is 19.1 Å². The van der Waals surface area contributed by atoms with Gasteiger partial charge in [-0.1, -0.05) is 12.2 Å². The highest BCUT2D eigenvalue weighted by molar-refractivity contribution is 9.10. The van der Waals surface area contributed by atoms with Crippen LogP contribution in [0.2, 0.25) is 0 Å². The van der Waals surface area contributed by atoms with Crippen LogP contribution in [-0.4, -0.2) is 19.1 Å². The van der Waals surface area contributed by atoms with E-state index in [4.69, 9.17) is 0 Å². The summed E-state index contributed by atoms with van der Waals surface area (Å²) in [6.45, 7) is 2.42. The Kier molecular flexibility index (Phi) is 3.01. The molecule has 0 aromatic carbocycles. The molecule has 2 aromatic rings. The van der Waals surface area contributed by atoms with E-state index in [0.717, 1.165) is 0 Å². The van der Waals surface area contributed by atoms with Gasteiger partial charge in [-0.15, -0.1) is 0 Å². The molecule has 0 fully saturated rings. The van der Waals surface area contributed by atoms with Crippen LogP contribution in [0.3, 0.4) is 0 Å². The number of nitrogens with one attached hydrogen (secondary N) is 1. The first kappa shape index (κ1) is 11.8. The molecule has 2 rings (SSSR count). The third-order valence-electron chi connectivity index (χ3n) is 2.48. The van der Waals surface area contributed by atoms with Gasteiger partial charge in [-0.2, -0.15) is 0 Å². The fourth-order valence-corrected chi connectivity index (χ4v) is 2.08.